The van der Waals surface area contributed by atoms with Crippen molar-refractivity contribution in [2.45, 2.75) is 33.4 Å². The van der Waals surface area contributed by atoms with Crippen LogP contribution in [0, 0.1) is 13.8 Å². The van der Waals surface area contributed by atoms with E-state index in [-0.39, 0.29) is 5.63 Å². The molecule has 35 heavy (non-hydrogen) atoms. The Kier molecular flexibility index (Phi) is 6.22. The van der Waals surface area contributed by atoms with Gasteiger partial charge in [0.05, 0.1) is 14.2 Å². The second kappa shape index (κ2) is 9.47. The fourth-order valence-electron chi connectivity index (χ4n) is 4.82. The molecule has 1 aromatic heterocycles. The highest BCUT2D eigenvalue weighted by atomic mass is 16.5. The Labute approximate surface area is 204 Å². The van der Waals surface area contributed by atoms with E-state index in [1.54, 1.807) is 14.2 Å². The standard InChI is InChI=1S/C29H29NO5/c1-18-24-13-22-16-30(15-21-10-11-23(32-3)14-26(21)33-4)17-34-27(22)19(2)28(24)35-29(31)25(18)12-20-8-6-5-7-9-20/h5-11,13-14H,12,15-17H2,1-4H3. The maximum absolute atomic E-state index is 12.9. The van der Waals surface area contributed by atoms with Crippen LogP contribution in [0.25, 0.3) is 11.0 Å². The predicted octanol–water partition coefficient (Wildman–Crippen LogP) is 5.37. The Hall–Kier alpha value is -3.77. The van der Waals surface area contributed by atoms with Gasteiger partial charge in [-0.3, -0.25) is 4.90 Å². The first-order chi connectivity index (χ1) is 17.0. The molecule has 2 heterocycles. The second-order valence-corrected chi connectivity index (χ2v) is 8.96. The van der Waals surface area contributed by atoms with Crippen molar-refractivity contribution in [1.29, 1.82) is 0 Å². The van der Waals surface area contributed by atoms with Gasteiger partial charge in [0.1, 0.15) is 29.6 Å². The van der Waals surface area contributed by atoms with Gasteiger partial charge in [-0.05, 0) is 37.1 Å². The number of rotatable bonds is 6. The minimum atomic E-state index is -0.286. The number of benzene rings is 3. The zero-order chi connectivity index (χ0) is 24.5. The number of nitrogens with zero attached hydrogens (tertiary/aromatic N) is 1. The molecular formula is C29H29NO5. The molecule has 6 nitrogen and oxygen atoms in total. The Balaban J connectivity index is 1.49. The molecule has 0 N–H and O–H groups in total. The van der Waals surface area contributed by atoms with Crippen molar-refractivity contribution in [3.8, 4) is 17.2 Å². The van der Waals surface area contributed by atoms with Crippen molar-refractivity contribution < 1.29 is 18.6 Å². The summed E-state index contributed by atoms with van der Waals surface area (Å²) in [5.41, 5.74) is 6.06. The van der Waals surface area contributed by atoms with Crippen molar-refractivity contribution >= 4 is 11.0 Å². The third kappa shape index (κ3) is 4.37. The molecule has 0 aliphatic carbocycles. The molecule has 0 saturated heterocycles. The fourth-order valence-corrected chi connectivity index (χ4v) is 4.82. The van der Waals surface area contributed by atoms with Crippen LogP contribution in [0.4, 0.5) is 0 Å². The molecular weight excluding hydrogens is 442 g/mol. The second-order valence-electron chi connectivity index (χ2n) is 8.96. The van der Waals surface area contributed by atoms with E-state index in [4.69, 9.17) is 18.6 Å². The average molecular weight is 472 g/mol. The van der Waals surface area contributed by atoms with Crippen molar-refractivity contribution in [2.75, 3.05) is 21.0 Å². The highest BCUT2D eigenvalue weighted by Gasteiger charge is 2.24. The number of fused-ring (bicyclic) bond motifs is 2. The first kappa shape index (κ1) is 23.0. The Morgan fingerprint density at radius 2 is 1.77 bits per heavy atom. The normalized spacial score (nSPS) is 13.4. The molecule has 0 fully saturated rings. The maximum Gasteiger partial charge on any atom is 0.340 e. The Bertz CT molecular complexity index is 1440. The summed E-state index contributed by atoms with van der Waals surface area (Å²) in [5.74, 6) is 2.35. The lowest BCUT2D eigenvalue weighted by Gasteiger charge is -2.31. The van der Waals surface area contributed by atoms with Gasteiger partial charge in [0, 0.05) is 53.2 Å². The van der Waals surface area contributed by atoms with Crippen molar-refractivity contribution in [3.05, 3.63) is 98.4 Å². The molecule has 1 aliphatic heterocycles. The van der Waals surface area contributed by atoms with Crippen LogP contribution in [0.1, 0.15) is 33.4 Å². The molecule has 5 rings (SSSR count). The minimum absolute atomic E-state index is 0.286. The Morgan fingerprint density at radius 1 is 0.971 bits per heavy atom. The van der Waals surface area contributed by atoms with Gasteiger partial charge in [0.15, 0.2) is 0 Å². The fraction of sp³-hybridized carbons (Fsp3) is 0.276. The summed E-state index contributed by atoms with van der Waals surface area (Å²) in [6.45, 7) is 5.79. The molecule has 0 bridgehead atoms. The van der Waals surface area contributed by atoms with E-state index in [0.29, 0.717) is 37.4 Å². The van der Waals surface area contributed by atoms with E-state index >= 15 is 0 Å². The summed E-state index contributed by atoms with van der Waals surface area (Å²) in [6.07, 6.45) is 0.543. The number of hydrogen-bond donors (Lipinski definition) is 0. The molecule has 4 aromatic rings. The largest absolute Gasteiger partial charge is 0.497 e. The van der Waals surface area contributed by atoms with Crippen molar-refractivity contribution in [3.63, 3.8) is 0 Å². The summed E-state index contributed by atoms with van der Waals surface area (Å²) in [4.78, 5) is 15.1. The lowest BCUT2D eigenvalue weighted by atomic mass is 9.96. The number of aryl methyl sites for hydroxylation is 2. The minimum Gasteiger partial charge on any atom is -0.497 e. The zero-order valence-electron chi connectivity index (χ0n) is 20.5. The van der Waals surface area contributed by atoms with Crippen molar-refractivity contribution in [1.82, 2.24) is 4.90 Å². The summed E-state index contributed by atoms with van der Waals surface area (Å²) in [6, 6.07) is 18.0. The zero-order valence-corrected chi connectivity index (χ0v) is 20.5. The molecule has 0 saturated carbocycles. The highest BCUT2D eigenvalue weighted by molar-refractivity contribution is 5.87. The van der Waals surface area contributed by atoms with Gasteiger partial charge >= 0.3 is 5.63 Å². The van der Waals surface area contributed by atoms with Crippen LogP contribution < -0.4 is 19.8 Å². The summed E-state index contributed by atoms with van der Waals surface area (Å²) in [7, 11) is 3.31. The van der Waals surface area contributed by atoms with Gasteiger partial charge in [0.25, 0.3) is 0 Å². The van der Waals surface area contributed by atoms with Gasteiger partial charge in [0.2, 0.25) is 0 Å². The van der Waals surface area contributed by atoms with Gasteiger partial charge in [-0.1, -0.05) is 36.4 Å². The van der Waals surface area contributed by atoms with Gasteiger partial charge in [-0.25, -0.2) is 4.79 Å². The summed E-state index contributed by atoms with van der Waals surface area (Å²) >= 11 is 0. The van der Waals surface area contributed by atoms with Crippen LogP contribution in [0.2, 0.25) is 0 Å². The van der Waals surface area contributed by atoms with E-state index in [9.17, 15) is 4.79 Å². The molecule has 0 spiro atoms. The Morgan fingerprint density at radius 3 is 2.51 bits per heavy atom. The topological polar surface area (TPSA) is 61.1 Å². The first-order valence-corrected chi connectivity index (χ1v) is 11.7. The third-order valence-electron chi connectivity index (χ3n) is 6.73. The van der Waals surface area contributed by atoms with E-state index in [0.717, 1.165) is 50.5 Å². The van der Waals surface area contributed by atoms with E-state index in [1.165, 1.54) is 0 Å². The van der Waals surface area contributed by atoms with E-state index in [1.807, 2.05) is 62.4 Å². The monoisotopic (exact) mass is 471 g/mol. The van der Waals surface area contributed by atoms with Gasteiger partial charge in [-0.2, -0.15) is 0 Å². The summed E-state index contributed by atoms with van der Waals surface area (Å²) in [5, 5.41) is 0.958. The highest BCUT2D eigenvalue weighted by Crippen LogP contribution is 2.37. The van der Waals surface area contributed by atoms with Crippen LogP contribution in [-0.4, -0.2) is 25.9 Å². The quantitative estimate of drug-likeness (QED) is 0.353. The molecule has 6 heteroatoms. The van der Waals surface area contributed by atoms with Crippen LogP contribution in [0.15, 0.2) is 63.8 Å². The number of ether oxygens (including phenoxy) is 3. The van der Waals surface area contributed by atoms with Crippen LogP contribution in [0.3, 0.4) is 0 Å². The predicted molar refractivity (Wildman–Crippen MR) is 135 cm³/mol. The lowest BCUT2D eigenvalue weighted by Crippen LogP contribution is -2.32. The van der Waals surface area contributed by atoms with Crippen LogP contribution >= 0.6 is 0 Å². The molecule has 180 valence electrons. The molecule has 0 radical (unpaired) electrons. The van der Waals surface area contributed by atoms with E-state index in [2.05, 4.69) is 11.0 Å². The lowest BCUT2D eigenvalue weighted by molar-refractivity contribution is 0.0873. The number of methoxy groups -OCH3 is 2. The first-order valence-electron chi connectivity index (χ1n) is 11.7. The molecule has 3 aromatic carbocycles. The summed E-state index contributed by atoms with van der Waals surface area (Å²) < 4.78 is 22.9. The molecule has 0 atom stereocenters. The number of hydrogen-bond acceptors (Lipinski definition) is 6. The van der Waals surface area contributed by atoms with Crippen molar-refractivity contribution in [2.24, 2.45) is 0 Å². The third-order valence-corrected chi connectivity index (χ3v) is 6.73. The van der Waals surface area contributed by atoms with E-state index < -0.39 is 0 Å². The van der Waals surface area contributed by atoms with Crippen LogP contribution in [-0.2, 0) is 19.5 Å². The molecule has 0 amide bonds. The molecule has 1 aliphatic rings. The average Bonchev–Trinajstić information content (AvgIpc) is 2.88. The van der Waals surface area contributed by atoms with Gasteiger partial charge < -0.3 is 18.6 Å². The smallest absolute Gasteiger partial charge is 0.340 e. The SMILES string of the molecule is COc1ccc(CN2COc3c(cc4c(C)c(Cc5ccccc5)c(=O)oc4c3C)C2)c(OC)c1. The molecule has 0 unspecified atom stereocenters. The van der Waals surface area contributed by atoms with Crippen LogP contribution in [0.5, 0.6) is 17.2 Å². The van der Waals surface area contributed by atoms with Gasteiger partial charge in [-0.15, -0.1) is 0 Å². The maximum atomic E-state index is 12.9.